The zero-order valence-electron chi connectivity index (χ0n) is 10.6. The molecule has 0 aliphatic carbocycles. The highest BCUT2D eigenvalue weighted by atomic mass is 79.9. The number of furan rings is 1. The lowest BCUT2D eigenvalue weighted by molar-refractivity contribution is -0.121. The second-order valence-electron chi connectivity index (χ2n) is 4.06. The Labute approximate surface area is 124 Å². The summed E-state index contributed by atoms with van der Waals surface area (Å²) in [6, 6.07) is 10.5. The minimum atomic E-state index is -0.371. The maximum Gasteiger partial charge on any atom is 0.270 e. The highest BCUT2D eigenvalue weighted by Gasteiger charge is 2.10. The molecule has 0 atom stereocenters. The Kier molecular flexibility index (Phi) is 4.95. The van der Waals surface area contributed by atoms with E-state index in [1.807, 2.05) is 6.07 Å². The Morgan fingerprint density at radius 3 is 2.60 bits per heavy atom. The summed E-state index contributed by atoms with van der Waals surface area (Å²) in [7, 11) is 0. The summed E-state index contributed by atoms with van der Waals surface area (Å²) in [5, 5.41) is 0. The fourth-order valence-electron chi connectivity index (χ4n) is 1.59. The monoisotopic (exact) mass is 336 g/mol. The molecule has 1 heterocycles. The van der Waals surface area contributed by atoms with Crippen molar-refractivity contribution >= 4 is 27.7 Å². The van der Waals surface area contributed by atoms with Crippen LogP contribution in [0, 0.1) is 0 Å². The van der Waals surface area contributed by atoms with Crippen molar-refractivity contribution in [2.75, 3.05) is 0 Å². The fraction of sp³-hybridized carbons (Fsp3) is 0.143. The molecule has 20 heavy (non-hydrogen) atoms. The van der Waals surface area contributed by atoms with Gasteiger partial charge in [-0.15, -0.1) is 0 Å². The van der Waals surface area contributed by atoms with Gasteiger partial charge in [-0.05, 0) is 40.2 Å². The largest absolute Gasteiger partial charge is 0.469 e. The molecule has 0 aliphatic heterocycles. The van der Waals surface area contributed by atoms with Crippen LogP contribution >= 0.6 is 15.9 Å². The van der Waals surface area contributed by atoms with E-state index in [2.05, 4.69) is 26.8 Å². The van der Waals surface area contributed by atoms with Crippen molar-refractivity contribution in [3.8, 4) is 0 Å². The molecule has 1 aromatic heterocycles. The van der Waals surface area contributed by atoms with Crippen LogP contribution in [-0.4, -0.2) is 11.8 Å². The van der Waals surface area contributed by atoms with E-state index >= 15 is 0 Å². The van der Waals surface area contributed by atoms with E-state index < -0.39 is 0 Å². The number of carbonyl (C=O) groups is 2. The van der Waals surface area contributed by atoms with E-state index in [4.69, 9.17) is 4.42 Å². The van der Waals surface area contributed by atoms with Gasteiger partial charge in [0.15, 0.2) is 0 Å². The summed E-state index contributed by atoms with van der Waals surface area (Å²) in [5.74, 6) is 0.0860. The smallest absolute Gasteiger partial charge is 0.270 e. The van der Waals surface area contributed by atoms with Crippen molar-refractivity contribution < 1.29 is 14.0 Å². The molecule has 2 rings (SSSR count). The zero-order valence-corrected chi connectivity index (χ0v) is 12.1. The van der Waals surface area contributed by atoms with Crippen LogP contribution in [0.4, 0.5) is 0 Å². The predicted octanol–water partition coefficient (Wildman–Crippen LogP) is 2.44. The van der Waals surface area contributed by atoms with Crippen molar-refractivity contribution in [2.24, 2.45) is 0 Å². The third kappa shape index (κ3) is 3.96. The Bertz CT molecular complexity index is 596. The quantitative estimate of drug-likeness (QED) is 0.842. The van der Waals surface area contributed by atoms with Gasteiger partial charge in [0.1, 0.15) is 5.76 Å². The van der Waals surface area contributed by atoms with Crippen molar-refractivity contribution in [3.05, 3.63) is 58.5 Å². The molecule has 0 aliphatic rings. The van der Waals surface area contributed by atoms with Crippen LogP contribution in [0.25, 0.3) is 0 Å². The summed E-state index contributed by atoms with van der Waals surface area (Å²) in [6.45, 7) is 0. The number of hydrogen-bond acceptors (Lipinski definition) is 3. The highest BCUT2D eigenvalue weighted by Crippen LogP contribution is 2.15. The van der Waals surface area contributed by atoms with Gasteiger partial charge in [-0.1, -0.05) is 12.1 Å². The average Bonchev–Trinajstić information content (AvgIpc) is 2.96. The van der Waals surface area contributed by atoms with Gasteiger partial charge in [-0.2, -0.15) is 0 Å². The van der Waals surface area contributed by atoms with E-state index in [9.17, 15) is 9.59 Å². The van der Waals surface area contributed by atoms with Crippen LogP contribution in [0.15, 0.2) is 51.6 Å². The maximum atomic E-state index is 11.8. The molecule has 2 amide bonds. The Balaban J connectivity index is 1.78. The number of nitrogens with one attached hydrogen (secondary N) is 2. The molecule has 0 radical (unpaired) electrons. The molecule has 0 fully saturated rings. The van der Waals surface area contributed by atoms with Gasteiger partial charge in [0.2, 0.25) is 5.91 Å². The zero-order chi connectivity index (χ0) is 14.4. The second-order valence-corrected chi connectivity index (χ2v) is 4.92. The molecule has 0 saturated heterocycles. The number of halogens is 1. The van der Waals surface area contributed by atoms with Gasteiger partial charge >= 0.3 is 0 Å². The van der Waals surface area contributed by atoms with Crippen LogP contribution in [0.5, 0.6) is 0 Å². The van der Waals surface area contributed by atoms with E-state index in [1.165, 1.54) is 0 Å². The van der Waals surface area contributed by atoms with Crippen LogP contribution in [0.3, 0.4) is 0 Å². The Morgan fingerprint density at radius 2 is 1.90 bits per heavy atom. The first-order valence-corrected chi connectivity index (χ1v) is 6.82. The van der Waals surface area contributed by atoms with Gasteiger partial charge in [-0.3, -0.25) is 20.4 Å². The van der Waals surface area contributed by atoms with E-state index in [1.54, 1.807) is 36.6 Å². The lowest BCUT2D eigenvalue weighted by atomic mass is 10.2. The molecule has 0 unspecified atom stereocenters. The normalized spacial score (nSPS) is 10.1. The molecular weight excluding hydrogens is 324 g/mol. The van der Waals surface area contributed by atoms with Gasteiger partial charge < -0.3 is 4.42 Å². The number of hydrazine groups is 1. The molecule has 2 N–H and O–H groups in total. The molecule has 0 spiro atoms. The van der Waals surface area contributed by atoms with Gasteiger partial charge in [0.05, 0.1) is 11.8 Å². The number of rotatable bonds is 4. The van der Waals surface area contributed by atoms with Gasteiger partial charge in [-0.25, -0.2) is 0 Å². The highest BCUT2D eigenvalue weighted by molar-refractivity contribution is 9.10. The van der Waals surface area contributed by atoms with E-state index in [-0.39, 0.29) is 18.2 Å². The summed E-state index contributed by atoms with van der Waals surface area (Å²) < 4.78 is 5.79. The van der Waals surface area contributed by atoms with Crippen LogP contribution < -0.4 is 10.9 Å². The molecular formula is C14H13BrN2O3. The van der Waals surface area contributed by atoms with E-state index in [0.29, 0.717) is 16.5 Å². The standard InChI is InChI=1S/C14H13BrN2O3/c15-12-6-2-1-5-11(12)14(19)17-16-13(18)8-7-10-4-3-9-20-10/h1-6,9H,7-8H2,(H,16,18)(H,17,19). The third-order valence-corrected chi connectivity index (χ3v) is 3.30. The fourth-order valence-corrected chi connectivity index (χ4v) is 2.06. The second kappa shape index (κ2) is 6.91. The minimum absolute atomic E-state index is 0.240. The summed E-state index contributed by atoms with van der Waals surface area (Å²) >= 11 is 3.27. The van der Waals surface area contributed by atoms with E-state index in [0.717, 1.165) is 5.76 Å². The van der Waals surface area contributed by atoms with Crippen molar-refractivity contribution in [1.82, 2.24) is 10.9 Å². The summed E-state index contributed by atoms with van der Waals surface area (Å²) in [4.78, 5) is 23.4. The number of benzene rings is 1. The predicted molar refractivity (Wildman–Crippen MR) is 76.8 cm³/mol. The molecule has 0 bridgehead atoms. The number of amides is 2. The topological polar surface area (TPSA) is 71.3 Å². The van der Waals surface area contributed by atoms with Crippen LogP contribution in [-0.2, 0) is 11.2 Å². The molecule has 0 saturated carbocycles. The Morgan fingerprint density at radius 1 is 1.10 bits per heavy atom. The first-order chi connectivity index (χ1) is 9.66. The number of hydrogen-bond donors (Lipinski definition) is 2. The average molecular weight is 337 g/mol. The van der Waals surface area contributed by atoms with Crippen molar-refractivity contribution in [3.63, 3.8) is 0 Å². The van der Waals surface area contributed by atoms with Crippen LogP contribution in [0.2, 0.25) is 0 Å². The summed E-state index contributed by atoms with van der Waals surface area (Å²) in [6.07, 6.45) is 2.29. The molecule has 5 nitrogen and oxygen atoms in total. The van der Waals surface area contributed by atoms with Gasteiger partial charge in [0.25, 0.3) is 5.91 Å². The van der Waals surface area contributed by atoms with Crippen LogP contribution in [0.1, 0.15) is 22.5 Å². The maximum absolute atomic E-state index is 11.8. The molecule has 2 aromatic rings. The molecule has 6 heteroatoms. The minimum Gasteiger partial charge on any atom is -0.469 e. The molecule has 104 valence electrons. The lowest BCUT2D eigenvalue weighted by Gasteiger charge is -2.08. The van der Waals surface area contributed by atoms with Crippen molar-refractivity contribution in [2.45, 2.75) is 12.8 Å². The lowest BCUT2D eigenvalue weighted by Crippen LogP contribution is -2.41. The first-order valence-electron chi connectivity index (χ1n) is 6.03. The Hall–Kier alpha value is -2.08. The number of carbonyl (C=O) groups excluding carboxylic acids is 2. The first kappa shape index (κ1) is 14.3. The SMILES string of the molecule is O=C(CCc1ccco1)NNC(=O)c1ccccc1Br. The third-order valence-electron chi connectivity index (χ3n) is 2.61. The summed E-state index contributed by atoms with van der Waals surface area (Å²) in [5.41, 5.74) is 5.20. The van der Waals surface area contributed by atoms with Gasteiger partial charge in [0, 0.05) is 17.3 Å². The van der Waals surface area contributed by atoms with Crippen molar-refractivity contribution in [1.29, 1.82) is 0 Å². The number of aryl methyl sites for hydroxylation is 1. The molecule has 1 aromatic carbocycles.